The Labute approximate surface area is 135 Å². The first-order valence-corrected chi connectivity index (χ1v) is 7.84. The Morgan fingerprint density at radius 2 is 2.13 bits per heavy atom. The average Bonchev–Trinajstić information content (AvgIpc) is 2.94. The summed E-state index contributed by atoms with van der Waals surface area (Å²) in [7, 11) is 1.68. The van der Waals surface area contributed by atoms with Crippen LogP contribution in [0.15, 0.2) is 6.07 Å². The lowest BCUT2D eigenvalue weighted by atomic mass is 10.2. The van der Waals surface area contributed by atoms with Crippen molar-refractivity contribution in [1.82, 2.24) is 20.0 Å². The monoisotopic (exact) mass is 324 g/mol. The third-order valence-corrected chi connectivity index (χ3v) is 3.77. The van der Waals surface area contributed by atoms with Crippen molar-refractivity contribution in [3.63, 3.8) is 0 Å². The zero-order valence-corrected chi connectivity index (χ0v) is 13.9. The Morgan fingerprint density at radius 1 is 1.43 bits per heavy atom. The van der Waals surface area contributed by atoms with E-state index in [9.17, 15) is 9.59 Å². The second-order valence-corrected chi connectivity index (χ2v) is 5.56. The van der Waals surface area contributed by atoms with Crippen molar-refractivity contribution in [2.45, 2.75) is 26.3 Å². The van der Waals surface area contributed by atoms with Crippen LogP contribution in [-0.4, -0.2) is 65.4 Å². The van der Waals surface area contributed by atoms with Crippen LogP contribution >= 0.6 is 0 Å². The number of rotatable bonds is 6. The fraction of sp³-hybridized carbons (Fsp3) is 0.667. The van der Waals surface area contributed by atoms with Crippen LogP contribution in [0.3, 0.4) is 0 Å². The van der Waals surface area contributed by atoms with Gasteiger partial charge in [-0.3, -0.25) is 9.59 Å². The van der Waals surface area contributed by atoms with Crippen molar-refractivity contribution >= 4 is 11.8 Å². The summed E-state index contributed by atoms with van der Waals surface area (Å²) in [6, 6.07) is 1.63. The molecule has 1 aromatic rings. The van der Waals surface area contributed by atoms with Crippen molar-refractivity contribution in [2.75, 3.05) is 32.9 Å². The molecule has 8 nitrogen and oxygen atoms in total. The van der Waals surface area contributed by atoms with Gasteiger partial charge in [-0.25, -0.2) is 4.68 Å². The zero-order chi connectivity index (χ0) is 16.8. The molecule has 0 spiro atoms. The minimum absolute atomic E-state index is 0.0774. The third kappa shape index (κ3) is 4.69. The van der Waals surface area contributed by atoms with Crippen molar-refractivity contribution in [3.8, 4) is 5.88 Å². The average molecular weight is 324 g/mol. The summed E-state index contributed by atoms with van der Waals surface area (Å²) in [5.41, 5.74) is 0.279. The Hall–Kier alpha value is -2.09. The summed E-state index contributed by atoms with van der Waals surface area (Å²) >= 11 is 0. The molecule has 0 aliphatic carbocycles. The molecule has 2 rings (SSSR count). The second kappa shape index (κ2) is 7.96. The summed E-state index contributed by atoms with van der Waals surface area (Å²) in [6.07, 6.45) is 0.843. The SMILES string of the molecule is CC[C@H](C)NC(=O)c1cc(OCC(=O)N2CCOCC2)n(C)n1. The van der Waals surface area contributed by atoms with E-state index in [-0.39, 0.29) is 30.2 Å². The highest BCUT2D eigenvalue weighted by Crippen LogP contribution is 2.12. The molecular weight excluding hydrogens is 300 g/mol. The molecule has 23 heavy (non-hydrogen) atoms. The molecule has 2 amide bonds. The maximum Gasteiger partial charge on any atom is 0.272 e. The summed E-state index contributed by atoms with van der Waals surface area (Å²) in [4.78, 5) is 25.8. The Kier molecular flexibility index (Phi) is 5.97. The number of hydrogen-bond acceptors (Lipinski definition) is 5. The van der Waals surface area contributed by atoms with E-state index in [1.54, 1.807) is 18.0 Å². The highest BCUT2D eigenvalue weighted by Gasteiger charge is 2.19. The van der Waals surface area contributed by atoms with Gasteiger partial charge in [0.05, 0.1) is 13.2 Å². The van der Waals surface area contributed by atoms with Gasteiger partial charge in [0.2, 0.25) is 5.88 Å². The summed E-state index contributed by atoms with van der Waals surface area (Å²) in [5.74, 6) is 0.0466. The van der Waals surface area contributed by atoms with Gasteiger partial charge >= 0.3 is 0 Å². The lowest BCUT2D eigenvalue weighted by Crippen LogP contribution is -2.43. The fourth-order valence-corrected chi connectivity index (χ4v) is 2.14. The highest BCUT2D eigenvalue weighted by molar-refractivity contribution is 5.92. The molecule has 0 aromatic carbocycles. The van der Waals surface area contributed by atoms with Gasteiger partial charge in [-0.1, -0.05) is 6.92 Å². The Balaban J connectivity index is 1.90. The van der Waals surface area contributed by atoms with Crippen LogP contribution in [0, 0.1) is 0 Å². The van der Waals surface area contributed by atoms with Crippen molar-refractivity contribution in [2.24, 2.45) is 7.05 Å². The first-order valence-electron chi connectivity index (χ1n) is 7.84. The smallest absolute Gasteiger partial charge is 0.272 e. The molecule has 8 heteroatoms. The van der Waals surface area contributed by atoms with E-state index in [1.165, 1.54) is 4.68 Å². The zero-order valence-electron chi connectivity index (χ0n) is 13.9. The molecule has 128 valence electrons. The predicted molar refractivity (Wildman–Crippen MR) is 83.3 cm³/mol. The topological polar surface area (TPSA) is 85.7 Å². The standard InChI is InChI=1S/C15H24N4O4/c1-4-11(2)16-15(21)12-9-14(18(3)17-12)23-10-13(20)19-5-7-22-8-6-19/h9,11H,4-8,10H2,1-3H3,(H,16,21)/t11-/m0/s1. The molecule has 1 aliphatic rings. The number of morpholine rings is 1. The number of amides is 2. The van der Waals surface area contributed by atoms with E-state index < -0.39 is 0 Å². The maximum atomic E-state index is 12.0. The van der Waals surface area contributed by atoms with Crippen molar-refractivity contribution in [1.29, 1.82) is 0 Å². The first kappa shape index (κ1) is 17.3. The lowest BCUT2D eigenvalue weighted by molar-refractivity contribution is -0.137. The van der Waals surface area contributed by atoms with E-state index in [0.717, 1.165) is 6.42 Å². The molecule has 1 aromatic heterocycles. The number of carbonyl (C=O) groups is 2. The molecule has 1 saturated heterocycles. The van der Waals surface area contributed by atoms with Crippen LogP contribution in [0.25, 0.3) is 0 Å². The van der Waals surface area contributed by atoms with Crippen LogP contribution in [0.5, 0.6) is 5.88 Å². The van der Waals surface area contributed by atoms with Crippen molar-refractivity contribution < 1.29 is 19.1 Å². The number of hydrogen-bond donors (Lipinski definition) is 1. The van der Waals surface area contributed by atoms with Gasteiger partial charge in [-0.15, -0.1) is 0 Å². The normalized spacial score (nSPS) is 16.0. The van der Waals surface area contributed by atoms with E-state index in [4.69, 9.17) is 9.47 Å². The quantitative estimate of drug-likeness (QED) is 0.807. The highest BCUT2D eigenvalue weighted by atomic mass is 16.5. The van der Waals surface area contributed by atoms with E-state index in [0.29, 0.717) is 32.2 Å². The maximum absolute atomic E-state index is 12.0. The van der Waals surface area contributed by atoms with Gasteiger partial charge in [-0.2, -0.15) is 5.10 Å². The number of nitrogens with one attached hydrogen (secondary N) is 1. The molecule has 0 unspecified atom stereocenters. The Morgan fingerprint density at radius 3 is 2.78 bits per heavy atom. The van der Waals surface area contributed by atoms with Crippen LogP contribution < -0.4 is 10.1 Å². The van der Waals surface area contributed by atoms with Gasteiger partial charge in [-0.05, 0) is 13.3 Å². The molecule has 0 bridgehead atoms. The van der Waals surface area contributed by atoms with Crippen LogP contribution in [0.1, 0.15) is 30.8 Å². The largest absolute Gasteiger partial charge is 0.468 e. The molecule has 0 saturated carbocycles. The number of aromatic nitrogens is 2. The molecule has 1 aliphatic heterocycles. The molecular formula is C15H24N4O4. The minimum Gasteiger partial charge on any atom is -0.468 e. The number of ether oxygens (including phenoxy) is 2. The molecule has 1 atom stereocenters. The van der Waals surface area contributed by atoms with Gasteiger partial charge in [0.1, 0.15) is 0 Å². The van der Waals surface area contributed by atoms with Crippen LogP contribution in [0.2, 0.25) is 0 Å². The van der Waals surface area contributed by atoms with Crippen LogP contribution in [-0.2, 0) is 16.6 Å². The molecule has 2 heterocycles. The molecule has 0 radical (unpaired) electrons. The van der Waals surface area contributed by atoms with Gasteiger partial charge in [0.15, 0.2) is 12.3 Å². The summed E-state index contributed by atoms with van der Waals surface area (Å²) in [5, 5.41) is 6.97. The van der Waals surface area contributed by atoms with Gasteiger partial charge < -0.3 is 19.7 Å². The number of carbonyl (C=O) groups excluding carboxylic acids is 2. The second-order valence-electron chi connectivity index (χ2n) is 5.56. The van der Waals surface area contributed by atoms with E-state index in [2.05, 4.69) is 10.4 Å². The number of aryl methyl sites for hydroxylation is 1. The van der Waals surface area contributed by atoms with E-state index in [1.807, 2.05) is 13.8 Å². The fourth-order valence-electron chi connectivity index (χ4n) is 2.14. The molecule has 1 N–H and O–H groups in total. The van der Waals surface area contributed by atoms with Gasteiger partial charge in [0, 0.05) is 32.2 Å². The third-order valence-electron chi connectivity index (χ3n) is 3.77. The summed E-state index contributed by atoms with van der Waals surface area (Å²) in [6.45, 7) is 6.11. The predicted octanol–water partition coefficient (Wildman–Crippen LogP) is 0.186. The number of nitrogens with zero attached hydrogens (tertiary/aromatic N) is 3. The first-order chi connectivity index (χ1) is 11.0. The minimum atomic E-state index is -0.246. The van der Waals surface area contributed by atoms with Crippen LogP contribution in [0.4, 0.5) is 0 Å². The Bertz CT molecular complexity index is 552. The molecule has 1 fully saturated rings. The summed E-state index contributed by atoms with van der Waals surface area (Å²) < 4.78 is 12.2. The van der Waals surface area contributed by atoms with Crippen molar-refractivity contribution in [3.05, 3.63) is 11.8 Å². The lowest BCUT2D eigenvalue weighted by Gasteiger charge is -2.26. The van der Waals surface area contributed by atoms with E-state index >= 15 is 0 Å². The van der Waals surface area contributed by atoms with Gasteiger partial charge in [0.25, 0.3) is 11.8 Å².